The zero-order valence-electron chi connectivity index (χ0n) is 18.7. The molecule has 3 aromatic rings. The fourth-order valence-corrected chi connectivity index (χ4v) is 4.84. The number of benzene rings is 2. The highest BCUT2D eigenvalue weighted by Crippen LogP contribution is 2.34. The van der Waals surface area contributed by atoms with Gasteiger partial charge in [-0.2, -0.15) is 0 Å². The molecule has 1 saturated carbocycles. The largest absolute Gasteiger partial charge is 0.462 e. The number of ether oxygens (including phenoxy) is 1. The van der Waals surface area contributed by atoms with E-state index < -0.39 is 0 Å². The number of halogens is 1. The number of rotatable bonds is 6. The molecule has 32 heavy (non-hydrogen) atoms. The maximum atomic E-state index is 11.5. The highest BCUT2D eigenvalue weighted by atomic mass is 35.5. The predicted octanol–water partition coefficient (Wildman–Crippen LogP) is 7.00. The van der Waals surface area contributed by atoms with Crippen LogP contribution in [0.4, 0.5) is 5.69 Å². The number of hydrogen-bond acceptors (Lipinski definition) is 4. The molecule has 1 aliphatic carbocycles. The first-order valence-corrected chi connectivity index (χ1v) is 11.7. The molecule has 0 bridgehead atoms. The van der Waals surface area contributed by atoms with Crippen molar-refractivity contribution in [1.29, 1.82) is 0 Å². The Labute approximate surface area is 194 Å². The van der Waals surface area contributed by atoms with Crippen LogP contribution in [0, 0.1) is 12.8 Å². The predicted molar refractivity (Wildman–Crippen MR) is 131 cm³/mol. The molecular weight excluding hydrogens is 420 g/mol. The Morgan fingerprint density at radius 2 is 1.97 bits per heavy atom. The lowest BCUT2D eigenvalue weighted by molar-refractivity contribution is -0.150. The number of hydrogen-bond donors (Lipinski definition) is 0. The molecular formula is C27H29ClN2O2. The van der Waals surface area contributed by atoms with Gasteiger partial charge in [-0.05, 0) is 67.2 Å². The Morgan fingerprint density at radius 3 is 2.72 bits per heavy atom. The average Bonchev–Trinajstić information content (AvgIpc) is 2.78. The number of esters is 1. The van der Waals surface area contributed by atoms with Gasteiger partial charge in [-0.25, -0.2) is 4.98 Å². The highest BCUT2D eigenvalue weighted by Gasteiger charge is 2.26. The van der Waals surface area contributed by atoms with Crippen LogP contribution < -0.4 is 0 Å². The van der Waals surface area contributed by atoms with E-state index in [4.69, 9.17) is 21.3 Å². The van der Waals surface area contributed by atoms with Crippen LogP contribution in [0.2, 0.25) is 5.15 Å². The number of carbonyl (C=O) groups is 1. The van der Waals surface area contributed by atoms with Gasteiger partial charge in [-0.15, -0.1) is 0 Å². The molecule has 166 valence electrons. The van der Waals surface area contributed by atoms with E-state index in [9.17, 15) is 4.79 Å². The Balaban J connectivity index is 1.58. The Hall–Kier alpha value is -2.72. The summed E-state index contributed by atoms with van der Waals surface area (Å²) in [5.74, 6) is 0.159. The zero-order valence-corrected chi connectivity index (χ0v) is 19.4. The summed E-state index contributed by atoms with van der Waals surface area (Å²) in [6, 6.07) is 14.5. The smallest absolute Gasteiger partial charge is 0.302 e. The minimum absolute atomic E-state index is 0.0147. The maximum absolute atomic E-state index is 11.5. The molecule has 0 amide bonds. The molecule has 4 nitrogen and oxygen atoms in total. The van der Waals surface area contributed by atoms with Gasteiger partial charge in [0.2, 0.25) is 0 Å². The van der Waals surface area contributed by atoms with Gasteiger partial charge in [0.1, 0.15) is 11.3 Å². The van der Waals surface area contributed by atoms with Crippen LogP contribution in [0.15, 0.2) is 53.7 Å². The van der Waals surface area contributed by atoms with E-state index in [1.54, 1.807) is 0 Å². The summed E-state index contributed by atoms with van der Waals surface area (Å²) in [5, 5.41) is 2.87. The normalized spacial score (nSPS) is 18.8. The number of pyridine rings is 1. The molecule has 0 spiro atoms. The second-order valence-electron chi connectivity index (χ2n) is 8.65. The third-order valence-corrected chi connectivity index (χ3v) is 6.48. The molecule has 2 atom stereocenters. The number of nitrogens with zero attached hydrogens (tertiary/aromatic N) is 2. The van der Waals surface area contributed by atoms with E-state index in [1.807, 2.05) is 24.5 Å². The summed E-state index contributed by atoms with van der Waals surface area (Å²) in [6.07, 6.45) is 9.83. The molecule has 1 fully saturated rings. The molecule has 1 aromatic heterocycles. The van der Waals surface area contributed by atoms with Gasteiger partial charge in [0.05, 0.1) is 5.69 Å². The first kappa shape index (κ1) is 22.5. The Kier molecular flexibility index (Phi) is 7.21. The molecule has 1 heterocycles. The fourth-order valence-electron chi connectivity index (χ4n) is 4.73. The van der Waals surface area contributed by atoms with Gasteiger partial charge in [0, 0.05) is 30.6 Å². The lowest BCUT2D eigenvalue weighted by Gasteiger charge is -2.29. The lowest BCUT2D eigenvalue weighted by Crippen LogP contribution is -2.29. The molecule has 0 N–H and O–H groups in total. The van der Waals surface area contributed by atoms with Crippen molar-refractivity contribution in [3.8, 4) is 0 Å². The topological polar surface area (TPSA) is 51.5 Å². The minimum Gasteiger partial charge on any atom is -0.462 e. The second-order valence-corrected chi connectivity index (χ2v) is 9.04. The number of fused-ring (bicyclic) bond motifs is 1. The van der Waals surface area contributed by atoms with Crippen molar-refractivity contribution in [2.75, 3.05) is 0 Å². The van der Waals surface area contributed by atoms with E-state index in [1.165, 1.54) is 24.3 Å². The molecule has 4 rings (SSSR count). The van der Waals surface area contributed by atoms with Gasteiger partial charge < -0.3 is 4.74 Å². The number of aromatic nitrogens is 1. The summed E-state index contributed by atoms with van der Waals surface area (Å²) in [4.78, 5) is 20.6. The third kappa shape index (κ3) is 5.36. The minimum atomic E-state index is -0.188. The van der Waals surface area contributed by atoms with Crippen molar-refractivity contribution in [2.45, 2.75) is 58.5 Å². The van der Waals surface area contributed by atoms with Crippen LogP contribution in [0.25, 0.3) is 10.8 Å². The van der Waals surface area contributed by atoms with Gasteiger partial charge >= 0.3 is 5.97 Å². The lowest BCUT2D eigenvalue weighted by atomic mass is 9.84. The van der Waals surface area contributed by atoms with Crippen LogP contribution in [0.5, 0.6) is 0 Å². The SMILES string of the molecule is CC(=O)OC1CCCCC1CC=Nc1c(C)cc(Cc2ccc(Cl)nc2)c2ccccc12. The molecule has 0 radical (unpaired) electrons. The fraction of sp³-hybridized carbons (Fsp3) is 0.370. The van der Waals surface area contributed by atoms with Gasteiger partial charge in [0.25, 0.3) is 0 Å². The van der Waals surface area contributed by atoms with Crippen molar-refractivity contribution in [3.63, 3.8) is 0 Å². The van der Waals surface area contributed by atoms with Crippen molar-refractivity contribution in [1.82, 2.24) is 4.98 Å². The van der Waals surface area contributed by atoms with Gasteiger partial charge in [-0.1, -0.05) is 54.4 Å². The first-order chi connectivity index (χ1) is 15.5. The van der Waals surface area contributed by atoms with E-state index in [-0.39, 0.29) is 12.1 Å². The highest BCUT2D eigenvalue weighted by molar-refractivity contribution is 6.29. The third-order valence-electron chi connectivity index (χ3n) is 6.26. The molecule has 1 aliphatic rings. The summed E-state index contributed by atoms with van der Waals surface area (Å²) in [7, 11) is 0. The van der Waals surface area contributed by atoms with E-state index in [0.29, 0.717) is 11.1 Å². The number of aliphatic imine (C=N–C) groups is 1. The summed E-state index contributed by atoms with van der Waals surface area (Å²) >= 11 is 5.94. The first-order valence-electron chi connectivity index (χ1n) is 11.3. The van der Waals surface area contributed by atoms with Crippen molar-refractivity contribution in [2.24, 2.45) is 10.9 Å². The Bertz CT molecular complexity index is 1120. The monoisotopic (exact) mass is 448 g/mol. The molecule has 0 aliphatic heterocycles. The second kappa shape index (κ2) is 10.3. The Morgan fingerprint density at radius 1 is 1.19 bits per heavy atom. The molecule has 5 heteroatoms. The van der Waals surface area contributed by atoms with Crippen molar-refractivity contribution >= 4 is 40.2 Å². The molecule has 0 saturated heterocycles. The van der Waals surface area contributed by atoms with Crippen molar-refractivity contribution in [3.05, 3.63) is 70.5 Å². The summed E-state index contributed by atoms with van der Waals surface area (Å²) < 4.78 is 5.57. The van der Waals surface area contributed by atoms with E-state index in [0.717, 1.165) is 54.3 Å². The quantitative estimate of drug-likeness (QED) is 0.231. The van der Waals surface area contributed by atoms with Gasteiger partial charge in [0.15, 0.2) is 0 Å². The van der Waals surface area contributed by atoms with Crippen LogP contribution in [0.1, 0.15) is 55.7 Å². The number of aryl methyl sites for hydroxylation is 1. The molecule has 2 unspecified atom stereocenters. The van der Waals surface area contributed by atoms with E-state index in [2.05, 4.69) is 42.2 Å². The maximum Gasteiger partial charge on any atom is 0.302 e. The summed E-state index contributed by atoms with van der Waals surface area (Å²) in [6.45, 7) is 3.61. The van der Waals surface area contributed by atoms with Crippen LogP contribution in [-0.2, 0) is 16.0 Å². The molecule has 2 aromatic carbocycles. The average molecular weight is 449 g/mol. The van der Waals surface area contributed by atoms with Crippen LogP contribution >= 0.6 is 11.6 Å². The van der Waals surface area contributed by atoms with Crippen molar-refractivity contribution < 1.29 is 9.53 Å². The summed E-state index contributed by atoms with van der Waals surface area (Å²) in [5.41, 5.74) is 4.54. The van der Waals surface area contributed by atoms with Gasteiger partial charge in [-0.3, -0.25) is 9.79 Å². The zero-order chi connectivity index (χ0) is 22.5. The van der Waals surface area contributed by atoms with E-state index >= 15 is 0 Å². The van der Waals surface area contributed by atoms with Crippen LogP contribution in [0.3, 0.4) is 0 Å². The number of carbonyl (C=O) groups excluding carboxylic acids is 1. The van der Waals surface area contributed by atoms with Crippen LogP contribution in [-0.4, -0.2) is 23.3 Å². The standard InChI is InChI=1S/C27H29ClN2O2/c1-18-15-22(16-20-11-12-26(28)30-17-20)23-8-4-5-9-24(23)27(18)29-14-13-21-7-3-6-10-25(21)32-19(2)31/h4-5,8-9,11-12,14-15,17,21,25H,3,6-7,10,13,16H2,1-2H3.